The van der Waals surface area contributed by atoms with Gasteiger partial charge >= 0.3 is 5.97 Å². The van der Waals surface area contributed by atoms with E-state index in [1.807, 2.05) is 24.0 Å². The zero-order valence-electron chi connectivity index (χ0n) is 13.3. The molecule has 1 saturated heterocycles. The molecular formula is C15H26N4O2. The first-order chi connectivity index (χ1) is 10.2. The summed E-state index contributed by atoms with van der Waals surface area (Å²) in [5.74, 6) is 0.895. The Kier molecular flexibility index (Phi) is 5.61. The lowest BCUT2D eigenvalue weighted by Crippen LogP contribution is -2.53. The molecule has 1 aliphatic rings. The number of ether oxygens (including phenoxy) is 1. The molecule has 21 heavy (non-hydrogen) atoms. The van der Waals surface area contributed by atoms with E-state index in [1.54, 1.807) is 0 Å². The summed E-state index contributed by atoms with van der Waals surface area (Å²) in [7, 11) is 3.48. The van der Waals surface area contributed by atoms with Crippen LogP contribution in [0.4, 0.5) is 5.95 Å². The number of anilines is 1. The lowest BCUT2D eigenvalue weighted by Gasteiger charge is -2.38. The minimum atomic E-state index is -0.103. The zero-order valence-corrected chi connectivity index (χ0v) is 13.3. The Morgan fingerprint density at radius 3 is 2.62 bits per heavy atom. The number of hydrogen-bond acceptors (Lipinski definition) is 5. The standard InChI is InChI=1S/C15H26N4O2/c1-4-5-6-13(14(20)21-3)18-9-11-19(12-10-18)15-16-7-8-17(15)2/h7-8,13H,4-6,9-12H2,1-3H3. The SMILES string of the molecule is CCCCC(C(=O)OC)N1CCN(c2nccn2C)CC1. The molecule has 0 N–H and O–H groups in total. The van der Waals surface area contributed by atoms with E-state index in [-0.39, 0.29) is 12.0 Å². The summed E-state index contributed by atoms with van der Waals surface area (Å²) in [6.07, 6.45) is 6.81. The fraction of sp³-hybridized carbons (Fsp3) is 0.733. The number of esters is 1. The summed E-state index contributed by atoms with van der Waals surface area (Å²) in [5, 5.41) is 0. The van der Waals surface area contributed by atoms with E-state index in [0.717, 1.165) is 51.4 Å². The first-order valence-corrected chi connectivity index (χ1v) is 7.71. The van der Waals surface area contributed by atoms with E-state index in [0.29, 0.717) is 0 Å². The lowest BCUT2D eigenvalue weighted by molar-refractivity contribution is -0.147. The normalized spacial score (nSPS) is 17.8. The number of aromatic nitrogens is 2. The molecule has 1 unspecified atom stereocenters. The van der Waals surface area contributed by atoms with Crippen molar-refractivity contribution in [2.24, 2.45) is 7.05 Å². The fourth-order valence-electron chi connectivity index (χ4n) is 2.88. The minimum absolute atomic E-state index is 0.0986. The molecule has 0 bridgehead atoms. The average molecular weight is 294 g/mol. The number of hydrogen-bond donors (Lipinski definition) is 0. The second-order valence-electron chi connectivity index (χ2n) is 5.54. The maximum atomic E-state index is 12.0. The second-order valence-corrected chi connectivity index (χ2v) is 5.54. The first kappa shape index (κ1) is 15.8. The van der Waals surface area contributed by atoms with Crippen LogP contribution in [0.3, 0.4) is 0 Å². The molecule has 0 amide bonds. The highest BCUT2D eigenvalue weighted by molar-refractivity contribution is 5.75. The van der Waals surface area contributed by atoms with E-state index in [2.05, 4.69) is 21.7 Å². The molecule has 1 atom stereocenters. The first-order valence-electron chi connectivity index (χ1n) is 7.71. The predicted octanol–water partition coefficient (Wildman–Crippen LogP) is 1.27. The molecule has 2 rings (SSSR count). The molecule has 6 heteroatoms. The van der Waals surface area contributed by atoms with Crippen LogP contribution in [-0.4, -0.2) is 59.8 Å². The van der Waals surface area contributed by atoms with Crippen molar-refractivity contribution in [1.82, 2.24) is 14.5 Å². The van der Waals surface area contributed by atoms with Crippen molar-refractivity contribution in [2.45, 2.75) is 32.2 Å². The highest BCUT2D eigenvalue weighted by atomic mass is 16.5. The van der Waals surface area contributed by atoms with E-state index in [1.165, 1.54) is 7.11 Å². The van der Waals surface area contributed by atoms with Crippen LogP contribution in [0.2, 0.25) is 0 Å². The quantitative estimate of drug-likeness (QED) is 0.740. The zero-order chi connectivity index (χ0) is 15.2. The molecule has 0 radical (unpaired) electrons. The third kappa shape index (κ3) is 3.75. The highest BCUT2D eigenvalue weighted by Gasteiger charge is 2.29. The molecule has 118 valence electrons. The second kappa shape index (κ2) is 7.45. The van der Waals surface area contributed by atoms with Crippen LogP contribution in [0.15, 0.2) is 12.4 Å². The van der Waals surface area contributed by atoms with Crippen LogP contribution < -0.4 is 4.90 Å². The minimum Gasteiger partial charge on any atom is -0.468 e. The van der Waals surface area contributed by atoms with Gasteiger partial charge in [-0.15, -0.1) is 0 Å². The van der Waals surface area contributed by atoms with Gasteiger partial charge in [0.1, 0.15) is 6.04 Å². The molecular weight excluding hydrogens is 268 g/mol. The number of piperazine rings is 1. The van der Waals surface area contributed by atoms with Gasteiger partial charge < -0.3 is 14.2 Å². The Balaban J connectivity index is 1.94. The third-order valence-electron chi connectivity index (χ3n) is 4.14. The number of rotatable bonds is 6. The number of carbonyl (C=O) groups is 1. The molecule has 0 spiro atoms. The summed E-state index contributed by atoms with van der Waals surface area (Å²) >= 11 is 0. The van der Waals surface area contributed by atoms with Gasteiger partial charge in [-0.25, -0.2) is 4.98 Å². The maximum absolute atomic E-state index is 12.0. The van der Waals surface area contributed by atoms with E-state index in [9.17, 15) is 4.79 Å². The molecule has 0 saturated carbocycles. The maximum Gasteiger partial charge on any atom is 0.323 e. The van der Waals surface area contributed by atoms with E-state index >= 15 is 0 Å². The third-order valence-corrected chi connectivity index (χ3v) is 4.14. The van der Waals surface area contributed by atoms with Crippen molar-refractivity contribution in [3.05, 3.63) is 12.4 Å². The Bertz CT molecular complexity index is 452. The monoisotopic (exact) mass is 294 g/mol. The van der Waals surface area contributed by atoms with Crippen LogP contribution in [-0.2, 0) is 16.6 Å². The van der Waals surface area contributed by atoms with Crippen LogP contribution in [0, 0.1) is 0 Å². The van der Waals surface area contributed by atoms with Gasteiger partial charge in [0, 0.05) is 45.6 Å². The van der Waals surface area contributed by atoms with Gasteiger partial charge in [0.25, 0.3) is 0 Å². The average Bonchev–Trinajstić information content (AvgIpc) is 2.94. The molecule has 1 aliphatic heterocycles. The summed E-state index contributed by atoms with van der Waals surface area (Å²) in [4.78, 5) is 20.9. The summed E-state index contributed by atoms with van der Waals surface area (Å²) in [6, 6.07) is -0.0986. The van der Waals surface area contributed by atoms with Crippen LogP contribution in [0.5, 0.6) is 0 Å². The Labute approximate surface area is 126 Å². The van der Waals surface area contributed by atoms with Crippen LogP contribution in [0.1, 0.15) is 26.2 Å². The molecule has 6 nitrogen and oxygen atoms in total. The molecule has 0 aliphatic carbocycles. The van der Waals surface area contributed by atoms with Gasteiger partial charge in [-0.05, 0) is 6.42 Å². The summed E-state index contributed by atoms with van der Waals surface area (Å²) < 4.78 is 7.00. The van der Waals surface area contributed by atoms with Gasteiger partial charge in [0.05, 0.1) is 7.11 Å². The van der Waals surface area contributed by atoms with Gasteiger partial charge in [-0.3, -0.25) is 9.69 Å². The van der Waals surface area contributed by atoms with Crippen molar-refractivity contribution in [3.63, 3.8) is 0 Å². The smallest absolute Gasteiger partial charge is 0.323 e. The number of methoxy groups -OCH3 is 1. The lowest BCUT2D eigenvalue weighted by atomic mass is 10.1. The predicted molar refractivity (Wildman–Crippen MR) is 82.3 cm³/mol. The number of aryl methyl sites for hydroxylation is 1. The van der Waals surface area contributed by atoms with Gasteiger partial charge in [0.15, 0.2) is 0 Å². The van der Waals surface area contributed by atoms with Crippen molar-refractivity contribution in [1.29, 1.82) is 0 Å². The van der Waals surface area contributed by atoms with Gasteiger partial charge in [-0.1, -0.05) is 19.8 Å². The van der Waals surface area contributed by atoms with Gasteiger partial charge in [0.2, 0.25) is 5.95 Å². The van der Waals surface area contributed by atoms with E-state index in [4.69, 9.17) is 4.74 Å². The summed E-state index contributed by atoms with van der Waals surface area (Å²) in [6.45, 7) is 5.68. The number of imidazole rings is 1. The Morgan fingerprint density at radius 2 is 2.10 bits per heavy atom. The largest absolute Gasteiger partial charge is 0.468 e. The highest BCUT2D eigenvalue weighted by Crippen LogP contribution is 2.17. The number of nitrogens with zero attached hydrogens (tertiary/aromatic N) is 4. The number of carbonyl (C=O) groups excluding carboxylic acids is 1. The Hall–Kier alpha value is -1.56. The number of unbranched alkanes of at least 4 members (excludes halogenated alkanes) is 1. The van der Waals surface area contributed by atoms with Crippen LogP contribution in [0.25, 0.3) is 0 Å². The molecule has 2 heterocycles. The van der Waals surface area contributed by atoms with Crippen LogP contribution >= 0.6 is 0 Å². The van der Waals surface area contributed by atoms with Crippen molar-refractivity contribution < 1.29 is 9.53 Å². The van der Waals surface area contributed by atoms with Crippen molar-refractivity contribution in [2.75, 3.05) is 38.2 Å². The summed E-state index contributed by atoms with van der Waals surface area (Å²) in [5.41, 5.74) is 0. The molecule has 1 aromatic heterocycles. The molecule has 0 aromatic carbocycles. The van der Waals surface area contributed by atoms with E-state index < -0.39 is 0 Å². The van der Waals surface area contributed by atoms with Crippen molar-refractivity contribution >= 4 is 11.9 Å². The Morgan fingerprint density at radius 1 is 1.38 bits per heavy atom. The van der Waals surface area contributed by atoms with Crippen molar-refractivity contribution in [3.8, 4) is 0 Å². The molecule has 1 fully saturated rings. The van der Waals surface area contributed by atoms with Gasteiger partial charge in [-0.2, -0.15) is 0 Å². The molecule has 1 aromatic rings. The topological polar surface area (TPSA) is 50.6 Å². The fourth-order valence-corrected chi connectivity index (χ4v) is 2.88.